The van der Waals surface area contributed by atoms with E-state index in [9.17, 15) is 14.4 Å². The average Bonchev–Trinajstić information content (AvgIpc) is 2.22. The molecular formula is C10H17N3O4. The fraction of sp³-hybridized carbons (Fsp3) is 0.700. The molecule has 1 heterocycles. The van der Waals surface area contributed by atoms with Gasteiger partial charge in [-0.25, -0.2) is 4.79 Å². The second-order valence-corrected chi connectivity index (χ2v) is 4.02. The number of carboxylic acids is 1. The summed E-state index contributed by atoms with van der Waals surface area (Å²) in [6, 6.07) is -2.03. The van der Waals surface area contributed by atoms with Crippen LogP contribution in [-0.2, 0) is 9.59 Å². The van der Waals surface area contributed by atoms with Crippen LogP contribution in [-0.4, -0.2) is 41.6 Å². The highest BCUT2D eigenvalue weighted by Crippen LogP contribution is 2.04. The Hall–Kier alpha value is -1.79. The summed E-state index contributed by atoms with van der Waals surface area (Å²) in [5, 5.41) is 16.1. The molecule has 0 aromatic carbocycles. The first-order valence-electron chi connectivity index (χ1n) is 5.58. The van der Waals surface area contributed by atoms with Crippen molar-refractivity contribution in [2.24, 2.45) is 0 Å². The van der Waals surface area contributed by atoms with Crippen molar-refractivity contribution in [3.05, 3.63) is 0 Å². The number of carbonyl (C=O) groups is 3. The van der Waals surface area contributed by atoms with E-state index in [1.54, 1.807) is 0 Å². The Morgan fingerprint density at radius 2 is 2.18 bits per heavy atom. The van der Waals surface area contributed by atoms with Crippen LogP contribution in [0.1, 0.15) is 26.2 Å². The zero-order valence-corrected chi connectivity index (χ0v) is 9.66. The van der Waals surface area contributed by atoms with Gasteiger partial charge in [0.25, 0.3) is 0 Å². The number of urea groups is 1. The Kier molecular flexibility index (Phi) is 4.74. The van der Waals surface area contributed by atoms with Crippen molar-refractivity contribution in [2.75, 3.05) is 6.54 Å². The maximum absolute atomic E-state index is 11.7. The van der Waals surface area contributed by atoms with E-state index in [1.165, 1.54) is 6.92 Å². The highest BCUT2D eigenvalue weighted by molar-refractivity contribution is 5.89. The number of rotatable bonds is 3. The summed E-state index contributed by atoms with van der Waals surface area (Å²) < 4.78 is 0. The molecule has 1 aliphatic heterocycles. The molecule has 0 aromatic rings. The molecule has 7 heteroatoms. The molecule has 0 aromatic heterocycles. The Bertz CT molecular complexity index is 319. The summed E-state index contributed by atoms with van der Waals surface area (Å²) in [4.78, 5) is 33.5. The van der Waals surface area contributed by atoms with Gasteiger partial charge in [0.05, 0.1) is 0 Å². The van der Waals surface area contributed by atoms with Gasteiger partial charge >= 0.3 is 12.0 Å². The number of nitrogens with one attached hydrogen (secondary N) is 3. The second-order valence-electron chi connectivity index (χ2n) is 4.02. The minimum Gasteiger partial charge on any atom is -0.480 e. The molecule has 4 N–H and O–H groups in total. The van der Waals surface area contributed by atoms with E-state index in [0.29, 0.717) is 13.0 Å². The third kappa shape index (κ3) is 4.29. The van der Waals surface area contributed by atoms with Gasteiger partial charge in [-0.15, -0.1) is 0 Å². The fourth-order valence-corrected chi connectivity index (χ4v) is 1.53. The van der Waals surface area contributed by atoms with Crippen molar-refractivity contribution < 1.29 is 19.5 Å². The molecule has 0 saturated carbocycles. The Morgan fingerprint density at radius 1 is 1.47 bits per heavy atom. The standard InChI is InChI=1S/C10H17N3O4/c1-6(9(15)16)12-8(14)7-4-2-3-5-11-10(17)13-7/h6-7H,2-5H2,1H3,(H,12,14)(H,15,16)(H2,11,13,17)/t6-,7-/m0/s1. The highest BCUT2D eigenvalue weighted by Gasteiger charge is 2.24. The van der Waals surface area contributed by atoms with Crippen LogP contribution in [0.4, 0.5) is 4.79 Å². The first-order valence-corrected chi connectivity index (χ1v) is 5.58. The van der Waals surface area contributed by atoms with Gasteiger partial charge in [-0.3, -0.25) is 9.59 Å². The summed E-state index contributed by atoms with van der Waals surface area (Å²) in [6.45, 7) is 1.97. The van der Waals surface area contributed by atoms with Crippen LogP contribution in [0.2, 0.25) is 0 Å². The molecule has 2 atom stereocenters. The molecule has 0 aliphatic carbocycles. The van der Waals surface area contributed by atoms with Crippen LogP contribution in [0.3, 0.4) is 0 Å². The Balaban J connectivity index is 2.53. The topological polar surface area (TPSA) is 108 Å². The zero-order valence-electron chi connectivity index (χ0n) is 9.66. The maximum atomic E-state index is 11.7. The maximum Gasteiger partial charge on any atom is 0.325 e. The van der Waals surface area contributed by atoms with E-state index in [2.05, 4.69) is 16.0 Å². The molecule has 0 radical (unpaired) electrons. The fourth-order valence-electron chi connectivity index (χ4n) is 1.53. The van der Waals surface area contributed by atoms with Crippen molar-refractivity contribution in [2.45, 2.75) is 38.3 Å². The third-order valence-corrected chi connectivity index (χ3v) is 2.56. The molecule has 7 nitrogen and oxygen atoms in total. The number of hydrogen-bond acceptors (Lipinski definition) is 3. The largest absolute Gasteiger partial charge is 0.480 e. The van der Waals surface area contributed by atoms with Crippen LogP contribution in [0.25, 0.3) is 0 Å². The van der Waals surface area contributed by atoms with Gasteiger partial charge in [-0.2, -0.15) is 0 Å². The molecule has 1 rings (SSSR count). The van der Waals surface area contributed by atoms with Crippen molar-refractivity contribution in [3.63, 3.8) is 0 Å². The zero-order chi connectivity index (χ0) is 12.8. The third-order valence-electron chi connectivity index (χ3n) is 2.56. The first kappa shape index (κ1) is 13.3. The smallest absolute Gasteiger partial charge is 0.325 e. The molecule has 17 heavy (non-hydrogen) atoms. The Morgan fingerprint density at radius 3 is 2.82 bits per heavy atom. The van der Waals surface area contributed by atoms with E-state index in [-0.39, 0.29) is 0 Å². The van der Waals surface area contributed by atoms with Crippen molar-refractivity contribution in [1.82, 2.24) is 16.0 Å². The highest BCUT2D eigenvalue weighted by atomic mass is 16.4. The SMILES string of the molecule is C[C@H](NC(=O)[C@@H]1CCCCNC(=O)N1)C(=O)O. The van der Waals surface area contributed by atoms with E-state index in [1.807, 2.05) is 0 Å². The van der Waals surface area contributed by atoms with E-state index >= 15 is 0 Å². The molecular weight excluding hydrogens is 226 g/mol. The monoisotopic (exact) mass is 243 g/mol. The molecule has 96 valence electrons. The molecule has 0 bridgehead atoms. The summed E-state index contributed by atoms with van der Waals surface area (Å²) in [5.74, 6) is -1.56. The van der Waals surface area contributed by atoms with Crippen LogP contribution in [0, 0.1) is 0 Å². The van der Waals surface area contributed by atoms with Gasteiger partial charge in [0.1, 0.15) is 12.1 Å². The van der Waals surface area contributed by atoms with Crippen LogP contribution in [0.5, 0.6) is 0 Å². The predicted molar refractivity (Wildman–Crippen MR) is 59.4 cm³/mol. The lowest BCUT2D eigenvalue weighted by molar-refractivity contribution is -0.141. The van der Waals surface area contributed by atoms with Crippen molar-refractivity contribution in [3.8, 4) is 0 Å². The number of hydrogen-bond donors (Lipinski definition) is 4. The summed E-state index contributed by atoms with van der Waals surface area (Å²) in [6.07, 6.45) is 2.13. The Labute approximate surface area is 98.9 Å². The molecule has 1 aliphatic rings. The first-order chi connectivity index (χ1) is 8.00. The second kappa shape index (κ2) is 6.07. The van der Waals surface area contributed by atoms with Gasteiger partial charge in [0.2, 0.25) is 5.91 Å². The molecule has 1 saturated heterocycles. The van der Waals surface area contributed by atoms with Crippen LogP contribution < -0.4 is 16.0 Å². The lowest BCUT2D eigenvalue weighted by Gasteiger charge is -2.22. The number of amides is 3. The van der Waals surface area contributed by atoms with Crippen LogP contribution >= 0.6 is 0 Å². The molecule has 3 amide bonds. The van der Waals surface area contributed by atoms with E-state index in [0.717, 1.165) is 12.8 Å². The number of carbonyl (C=O) groups excluding carboxylic acids is 2. The minimum absolute atomic E-state index is 0.396. The molecule has 1 fully saturated rings. The van der Waals surface area contributed by atoms with Gasteiger partial charge in [-0.05, 0) is 26.2 Å². The van der Waals surface area contributed by atoms with Crippen LogP contribution in [0.15, 0.2) is 0 Å². The molecule has 0 spiro atoms. The van der Waals surface area contributed by atoms with Gasteiger partial charge < -0.3 is 21.1 Å². The van der Waals surface area contributed by atoms with E-state index < -0.39 is 30.0 Å². The number of carboxylic acid groups (broad SMARTS) is 1. The van der Waals surface area contributed by atoms with E-state index in [4.69, 9.17) is 5.11 Å². The predicted octanol–water partition coefficient (Wildman–Crippen LogP) is -0.573. The lowest BCUT2D eigenvalue weighted by Crippen LogP contribution is -2.53. The normalized spacial score (nSPS) is 22.4. The minimum atomic E-state index is -1.10. The van der Waals surface area contributed by atoms with Crippen molar-refractivity contribution in [1.29, 1.82) is 0 Å². The van der Waals surface area contributed by atoms with Crippen molar-refractivity contribution >= 4 is 17.9 Å². The quantitative estimate of drug-likeness (QED) is 0.532. The van der Waals surface area contributed by atoms with Gasteiger partial charge in [-0.1, -0.05) is 0 Å². The number of aliphatic carboxylic acids is 1. The van der Waals surface area contributed by atoms with Gasteiger partial charge in [0, 0.05) is 6.54 Å². The summed E-state index contributed by atoms with van der Waals surface area (Å²) in [5.41, 5.74) is 0. The lowest BCUT2D eigenvalue weighted by atomic mass is 10.1. The summed E-state index contributed by atoms with van der Waals surface area (Å²) in [7, 11) is 0. The summed E-state index contributed by atoms with van der Waals surface area (Å²) >= 11 is 0. The molecule has 0 unspecified atom stereocenters. The van der Waals surface area contributed by atoms with Gasteiger partial charge in [0.15, 0.2) is 0 Å². The average molecular weight is 243 g/mol.